The first kappa shape index (κ1) is 16.3. The Morgan fingerprint density at radius 3 is 2.59 bits per heavy atom. The number of carbonyl (C=O) groups is 1. The van der Waals surface area contributed by atoms with Crippen molar-refractivity contribution in [2.75, 3.05) is 18.0 Å². The summed E-state index contributed by atoms with van der Waals surface area (Å²) in [6.45, 7) is 1.70. The van der Waals surface area contributed by atoms with E-state index in [2.05, 4.69) is 20.1 Å². The second-order valence-corrected chi connectivity index (χ2v) is 4.96. The Morgan fingerprint density at radius 2 is 2.09 bits per heavy atom. The van der Waals surface area contributed by atoms with Gasteiger partial charge in [-0.05, 0) is 0 Å². The first-order chi connectivity index (χ1) is 10.2. The van der Waals surface area contributed by atoms with Crippen molar-refractivity contribution in [1.29, 1.82) is 0 Å². The zero-order valence-corrected chi connectivity index (χ0v) is 11.7. The highest BCUT2D eigenvalue weighted by Gasteiger charge is 2.38. The van der Waals surface area contributed by atoms with Gasteiger partial charge in [-0.2, -0.15) is 18.3 Å². The first-order valence-electron chi connectivity index (χ1n) is 5.98. The molecule has 0 atom stereocenters. The fourth-order valence-electron chi connectivity index (χ4n) is 1.80. The Hall–Kier alpha value is -2.07. The van der Waals surface area contributed by atoms with Gasteiger partial charge in [0.25, 0.3) is 0 Å². The van der Waals surface area contributed by atoms with E-state index >= 15 is 0 Å². The van der Waals surface area contributed by atoms with Crippen LogP contribution in [0.4, 0.5) is 19.0 Å². The van der Waals surface area contributed by atoms with Crippen LogP contribution in [0, 0.1) is 0 Å². The lowest BCUT2D eigenvalue weighted by Gasteiger charge is -2.37. The van der Waals surface area contributed by atoms with Crippen LogP contribution in [0.5, 0.6) is 0 Å². The van der Waals surface area contributed by atoms with E-state index in [0.29, 0.717) is 5.15 Å². The fourth-order valence-corrected chi connectivity index (χ4v) is 1.96. The molecule has 0 radical (unpaired) electrons. The summed E-state index contributed by atoms with van der Waals surface area (Å²) in [4.78, 5) is 15.1. The van der Waals surface area contributed by atoms with Crippen molar-refractivity contribution in [3.8, 4) is 0 Å². The molecule has 0 saturated carbocycles. The third kappa shape index (κ3) is 3.57. The van der Waals surface area contributed by atoms with Gasteiger partial charge in [-0.25, -0.2) is 9.78 Å². The monoisotopic (exact) mass is 337 g/mol. The second-order valence-electron chi connectivity index (χ2n) is 4.57. The van der Waals surface area contributed by atoms with Crippen LogP contribution in [0.15, 0.2) is 12.3 Å². The molecule has 0 aromatic carbocycles. The number of alkyl halides is 3. The lowest BCUT2D eigenvalue weighted by atomic mass is 10.1. The van der Waals surface area contributed by atoms with Gasteiger partial charge in [-0.3, -0.25) is 5.10 Å². The van der Waals surface area contributed by atoms with Gasteiger partial charge in [-0.15, -0.1) is 0 Å². The number of H-pyrrole nitrogens is 1. The second kappa shape index (κ2) is 5.97. The molecule has 3 heterocycles. The van der Waals surface area contributed by atoms with Crippen LogP contribution in [-0.4, -0.2) is 51.6 Å². The number of nitrogens with one attached hydrogen (secondary N) is 1. The van der Waals surface area contributed by atoms with Gasteiger partial charge < -0.3 is 15.7 Å². The summed E-state index contributed by atoms with van der Waals surface area (Å²) < 4.78 is 31.7. The molecule has 120 valence electrons. The fraction of sp³-hybridized carbons (Fsp3) is 0.364. The largest absolute Gasteiger partial charge is 0.490 e. The highest BCUT2D eigenvalue weighted by molar-refractivity contribution is 6.30. The van der Waals surface area contributed by atoms with Gasteiger partial charge >= 0.3 is 12.1 Å². The third-order valence-corrected chi connectivity index (χ3v) is 3.05. The molecule has 3 rings (SSSR count). The molecule has 0 bridgehead atoms. The Kier molecular flexibility index (Phi) is 4.42. The summed E-state index contributed by atoms with van der Waals surface area (Å²) in [6, 6.07) is 2.03. The molecular weight excluding hydrogens is 327 g/mol. The number of nitrogens with two attached hydrogens (primary N) is 1. The summed E-state index contributed by atoms with van der Waals surface area (Å²) in [5.41, 5.74) is 6.63. The number of aromatic nitrogens is 3. The van der Waals surface area contributed by atoms with Crippen molar-refractivity contribution in [1.82, 2.24) is 15.2 Å². The van der Waals surface area contributed by atoms with Crippen molar-refractivity contribution in [3.05, 3.63) is 17.4 Å². The van der Waals surface area contributed by atoms with Gasteiger partial charge in [0, 0.05) is 31.4 Å². The molecule has 2 aromatic heterocycles. The molecule has 22 heavy (non-hydrogen) atoms. The Balaban J connectivity index is 0.000000217. The summed E-state index contributed by atoms with van der Waals surface area (Å²) in [5.74, 6) is -1.84. The molecule has 1 aliphatic heterocycles. The highest BCUT2D eigenvalue weighted by Crippen LogP contribution is 2.27. The van der Waals surface area contributed by atoms with Gasteiger partial charge in [0.2, 0.25) is 0 Å². The number of nitrogens with zero attached hydrogens (tertiary/aromatic N) is 3. The number of fused-ring (bicyclic) bond motifs is 1. The normalized spacial score (nSPS) is 15.2. The minimum Gasteiger partial charge on any atom is -0.475 e. The van der Waals surface area contributed by atoms with Crippen molar-refractivity contribution in [2.24, 2.45) is 5.73 Å². The molecule has 2 aromatic rings. The molecule has 0 unspecified atom stereocenters. The number of carboxylic acids is 1. The van der Waals surface area contributed by atoms with Crippen LogP contribution in [0.1, 0.15) is 0 Å². The average Bonchev–Trinajstić information content (AvgIpc) is 2.77. The SMILES string of the molecule is NC1CN(c2n[nH]c3cc(Cl)ncc23)C1.O=C(O)C(F)(F)F. The van der Waals surface area contributed by atoms with Crippen molar-refractivity contribution < 1.29 is 23.1 Å². The highest BCUT2D eigenvalue weighted by atomic mass is 35.5. The van der Waals surface area contributed by atoms with E-state index in [0.717, 1.165) is 29.8 Å². The molecule has 1 fully saturated rings. The number of hydrogen-bond donors (Lipinski definition) is 3. The van der Waals surface area contributed by atoms with Crippen LogP contribution < -0.4 is 10.6 Å². The van der Waals surface area contributed by atoms with Crippen LogP contribution in [0.2, 0.25) is 5.15 Å². The molecule has 4 N–H and O–H groups in total. The zero-order valence-electron chi connectivity index (χ0n) is 10.9. The quantitative estimate of drug-likeness (QED) is 0.679. The smallest absolute Gasteiger partial charge is 0.475 e. The van der Waals surface area contributed by atoms with Crippen LogP contribution in [0.3, 0.4) is 0 Å². The summed E-state index contributed by atoms with van der Waals surface area (Å²) in [6.07, 6.45) is -3.35. The van der Waals surface area contributed by atoms with Gasteiger partial charge in [0.15, 0.2) is 5.82 Å². The maximum atomic E-state index is 10.6. The summed E-state index contributed by atoms with van der Waals surface area (Å²) in [7, 11) is 0. The van der Waals surface area contributed by atoms with Crippen LogP contribution >= 0.6 is 11.6 Å². The van der Waals surface area contributed by atoms with Crippen molar-refractivity contribution >= 4 is 34.3 Å². The van der Waals surface area contributed by atoms with Gasteiger partial charge in [0.1, 0.15) is 5.15 Å². The number of aliphatic carboxylic acids is 1. The molecule has 7 nitrogen and oxygen atoms in total. The predicted octanol–water partition coefficient (Wildman–Crippen LogP) is 1.39. The van der Waals surface area contributed by atoms with Gasteiger partial charge in [-0.1, -0.05) is 11.6 Å². The van der Waals surface area contributed by atoms with E-state index in [1.807, 2.05) is 0 Å². The van der Waals surface area contributed by atoms with Crippen molar-refractivity contribution in [2.45, 2.75) is 12.2 Å². The Labute approximate surface area is 126 Å². The number of pyridine rings is 1. The standard InChI is InChI=1S/C9H10ClN5.C2HF3O2/c10-8-1-7-6(2-12-8)9(14-13-7)15-3-5(11)4-15;3-2(4,5)1(6)7/h1-2,5H,3-4,11H2,(H,13,14);(H,6,7). The maximum Gasteiger partial charge on any atom is 0.490 e. The number of halogens is 4. The van der Waals surface area contributed by atoms with Crippen LogP contribution in [0.25, 0.3) is 10.9 Å². The van der Waals surface area contributed by atoms with E-state index in [-0.39, 0.29) is 6.04 Å². The van der Waals surface area contributed by atoms with E-state index in [9.17, 15) is 13.2 Å². The number of anilines is 1. The number of hydrogen-bond acceptors (Lipinski definition) is 5. The van der Waals surface area contributed by atoms with E-state index in [1.54, 1.807) is 12.3 Å². The number of rotatable bonds is 1. The Morgan fingerprint density at radius 1 is 1.50 bits per heavy atom. The summed E-state index contributed by atoms with van der Waals surface area (Å²) >= 11 is 5.79. The molecule has 0 aliphatic carbocycles. The molecule has 0 amide bonds. The topological polar surface area (TPSA) is 108 Å². The van der Waals surface area contributed by atoms with Gasteiger partial charge in [0.05, 0.1) is 10.9 Å². The number of aromatic amines is 1. The molecule has 11 heteroatoms. The Bertz CT molecular complexity index is 684. The third-order valence-electron chi connectivity index (χ3n) is 2.85. The minimum atomic E-state index is -5.08. The lowest BCUT2D eigenvalue weighted by molar-refractivity contribution is -0.192. The lowest BCUT2D eigenvalue weighted by Crippen LogP contribution is -2.56. The van der Waals surface area contributed by atoms with E-state index < -0.39 is 12.1 Å². The van der Waals surface area contributed by atoms with Crippen LogP contribution in [-0.2, 0) is 4.79 Å². The molecular formula is C11H11ClF3N5O2. The molecule has 1 aliphatic rings. The predicted molar refractivity (Wildman–Crippen MR) is 72.8 cm³/mol. The minimum absolute atomic E-state index is 0.261. The number of carboxylic acid groups (broad SMARTS) is 1. The molecule has 1 saturated heterocycles. The average molecular weight is 338 g/mol. The van der Waals surface area contributed by atoms with E-state index in [1.165, 1.54) is 0 Å². The first-order valence-corrected chi connectivity index (χ1v) is 6.36. The zero-order chi connectivity index (χ0) is 16.5. The van der Waals surface area contributed by atoms with Crippen molar-refractivity contribution in [3.63, 3.8) is 0 Å². The van der Waals surface area contributed by atoms with E-state index in [4.69, 9.17) is 27.2 Å². The molecule has 0 spiro atoms. The maximum absolute atomic E-state index is 10.6. The summed E-state index contributed by atoms with van der Waals surface area (Å²) in [5, 5.41) is 15.8.